The van der Waals surface area contributed by atoms with Crippen LogP contribution in [0.25, 0.3) is 0 Å². The molecule has 1 atom stereocenters. The SMILES string of the molecule is Cc1ccccc1N(C)c1ccc([C@@H](C)N)nc1. The van der Waals surface area contributed by atoms with Crippen LogP contribution in [-0.4, -0.2) is 12.0 Å². The van der Waals surface area contributed by atoms with Gasteiger partial charge in [-0.05, 0) is 37.6 Å². The number of benzene rings is 1. The van der Waals surface area contributed by atoms with Crippen molar-refractivity contribution in [1.29, 1.82) is 0 Å². The molecule has 0 saturated carbocycles. The van der Waals surface area contributed by atoms with Crippen molar-refractivity contribution < 1.29 is 0 Å². The fourth-order valence-electron chi connectivity index (χ4n) is 1.94. The van der Waals surface area contributed by atoms with E-state index >= 15 is 0 Å². The molecule has 18 heavy (non-hydrogen) atoms. The molecule has 2 rings (SSSR count). The van der Waals surface area contributed by atoms with Crippen LogP contribution in [0.3, 0.4) is 0 Å². The number of anilines is 2. The Balaban J connectivity index is 2.29. The molecule has 3 nitrogen and oxygen atoms in total. The lowest BCUT2D eigenvalue weighted by Crippen LogP contribution is -2.12. The first-order valence-electron chi connectivity index (χ1n) is 6.10. The molecule has 0 aliphatic carbocycles. The van der Waals surface area contributed by atoms with Crippen LogP contribution in [0.1, 0.15) is 24.2 Å². The van der Waals surface area contributed by atoms with Gasteiger partial charge in [0.25, 0.3) is 0 Å². The molecular weight excluding hydrogens is 222 g/mol. The molecule has 0 aliphatic heterocycles. The van der Waals surface area contributed by atoms with Gasteiger partial charge in [0.05, 0.1) is 17.6 Å². The third kappa shape index (κ3) is 2.51. The molecule has 2 N–H and O–H groups in total. The van der Waals surface area contributed by atoms with Crippen LogP contribution in [0.2, 0.25) is 0 Å². The molecule has 2 aromatic rings. The highest BCUT2D eigenvalue weighted by Crippen LogP contribution is 2.26. The first-order valence-corrected chi connectivity index (χ1v) is 6.10. The zero-order valence-corrected chi connectivity index (χ0v) is 11.1. The molecule has 0 fully saturated rings. The molecule has 0 aliphatic rings. The minimum absolute atomic E-state index is 0.0252. The zero-order chi connectivity index (χ0) is 13.1. The summed E-state index contributed by atoms with van der Waals surface area (Å²) < 4.78 is 0. The normalized spacial score (nSPS) is 12.2. The van der Waals surface area contributed by atoms with Crippen LogP contribution in [0, 0.1) is 6.92 Å². The predicted octanol–water partition coefficient (Wildman–Crippen LogP) is 3.18. The van der Waals surface area contributed by atoms with Crippen LogP contribution < -0.4 is 10.6 Å². The molecule has 0 bridgehead atoms. The topological polar surface area (TPSA) is 42.1 Å². The summed E-state index contributed by atoms with van der Waals surface area (Å²) in [5.41, 5.74) is 10.2. The van der Waals surface area contributed by atoms with Gasteiger partial charge in [-0.1, -0.05) is 18.2 Å². The average molecular weight is 241 g/mol. The second-order valence-electron chi connectivity index (χ2n) is 4.58. The maximum absolute atomic E-state index is 5.80. The second kappa shape index (κ2) is 5.19. The van der Waals surface area contributed by atoms with E-state index in [4.69, 9.17) is 5.73 Å². The van der Waals surface area contributed by atoms with E-state index in [0.29, 0.717) is 0 Å². The number of aromatic nitrogens is 1. The van der Waals surface area contributed by atoms with Crippen molar-refractivity contribution in [3.63, 3.8) is 0 Å². The van der Waals surface area contributed by atoms with Crippen molar-refractivity contribution >= 4 is 11.4 Å². The highest BCUT2D eigenvalue weighted by Gasteiger charge is 2.07. The van der Waals surface area contributed by atoms with Crippen LogP contribution in [0.15, 0.2) is 42.6 Å². The van der Waals surface area contributed by atoms with Crippen LogP contribution in [0.4, 0.5) is 11.4 Å². The largest absolute Gasteiger partial charge is 0.343 e. The number of pyridine rings is 1. The molecular formula is C15H19N3. The Bertz CT molecular complexity index is 518. The summed E-state index contributed by atoms with van der Waals surface area (Å²) in [6.45, 7) is 4.04. The zero-order valence-electron chi connectivity index (χ0n) is 11.1. The van der Waals surface area contributed by atoms with Gasteiger partial charge in [0.15, 0.2) is 0 Å². The summed E-state index contributed by atoms with van der Waals surface area (Å²) in [7, 11) is 2.05. The van der Waals surface area contributed by atoms with Crippen LogP contribution >= 0.6 is 0 Å². The van der Waals surface area contributed by atoms with E-state index in [9.17, 15) is 0 Å². The summed E-state index contributed by atoms with van der Waals surface area (Å²) in [6, 6.07) is 12.3. The molecule has 94 valence electrons. The molecule has 0 amide bonds. The molecule has 0 radical (unpaired) electrons. The fraction of sp³-hybridized carbons (Fsp3) is 0.267. The Hall–Kier alpha value is -1.87. The van der Waals surface area contributed by atoms with E-state index in [1.807, 2.05) is 38.4 Å². The van der Waals surface area contributed by atoms with Gasteiger partial charge in [0.1, 0.15) is 0 Å². The van der Waals surface area contributed by atoms with Gasteiger partial charge in [0, 0.05) is 18.8 Å². The minimum Gasteiger partial charge on any atom is -0.343 e. The van der Waals surface area contributed by atoms with Gasteiger partial charge in [-0.25, -0.2) is 0 Å². The standard InChI is InChI=1S/C15H19N3/c1-11-6-4-5-7-15(11)18(3)13-8-9-14(12(2)16)17-10-13/h4-10,12H,16H2,1-3H3/t12-/m1/s1. The first-order chi connectivity index (χ1) is 8.59. The number of hydrogen-bond acceptors (Lipinski definition) is 3. The monoisotopic (exact) mass is 241 g/mol. The lowest BCUT2D eigenvalue weighted by atomic mass is 10.1. The van der Waals surface area contributed by atoms with Crippen LogP contribution in [-0.2, 0) is 0 Å². The fourth-order valence-corrected chi connectivity index (χ4v) is 1.94. The Morgan fingerprint density at radius 2 is 1.89 bits per heavy atom. The van der Waals surface area contributed by atoms with E-state index in [1.165, 1.54) is 11.3 Å². The van der Waals surface area contributed by atoms with E-state index in [2.05, 4.69) is 35.0 Å². The maximum Gasteiger partial charge on any atom is 0.0594 e. The van der Waals surface area contributed by atoms with Gasteiger partial charge in [-0.2, -0.15) is 0 Å². The van der Waals surface area contributed by atoms with Crippen molar-refractivity contribution in [3.05, 3.63) is 53.9 Å². The van der Waals surface area contributed by atoms with Gasteiger partial charge in [-0.15, -0.1) is 0 Å². The number of nitrogens with two attached hydrogens (primary N) is 1. The highest BCUT2D eigenvalue weighted by atomic mass is 15.1. The third-order valence-corrected chi connectivity index (χ3v) is 3.10. The van der Waals surface area contributed by atoms with Crippen molar-refractivity contribution in [3.8, 4) is 0 Å². The van der Waals surface area contributed by atoms with Crippen molar-refractivity contribution in [2.75, 3.05) is 11.9 Å². The molecule has 0 unspecified atom stereocenters. The molecule has 0 spiro atoms. The van der Waals surface area contributed by atoms with E-state index in [0.717, 1.165) is 11.4 Å². The summed E-state index contributed by atoms with van der Waals surface area (Å²) in [5, 5.41) is 0. The van der Waals surface area contributed by atoms with Gasteiger partial charge in [0.2, 0.25) is 0 Å². The second-order valence-corrected chi connectivity index (χ2v) is 4.58. The van der Waals surface area contributed by atoms with Gasteiger partial charge >= 0.3 is 0 Å². The lowest BCUT2D eigenvalue weighted by Gasteiger charge is -2.21. The quantitative estimate of drug-likeness (QED) is 0.897. The molecule has 1 aromatic heterocycles. The highest BCUT2D eigenvalue weighted by molar-refractivity contribution is 5.64. The van der Waals surface area contributed by atoms with E-state index in [1.54, 1.807) is 0 Å². The van der Waals surface area contributed by atoms with E-state index < -0.39 is 0 Å². The maximum atomic E-state index is 5.80. The average Bonchev–Trinajstić information content (AvgIpc) is 2.38. The lowest BCUT2D eigenvalue weighted by molar-refractivity contribution is 0.781. The number of hydrogen-bond donors (Lipinski definition) is 1. The first kappa shape index (κ1) is 12.6. The van der Waals surface area contributed by atoms with Gasteiger partial charge < -0.3 is 10.6 Å². The number of para-hydroxylation sites is 1. The Kier molecular flexibility index (Phi) is 3.63. The molecule has 1 heterocycles. The molecule has 1 aromatic carbocycles. The third-order valence-electron chi connectivity index (χ3n) is 3.10. The Morgan fingerprint density at radius 3 is 2.44 bits per heavy atom. The Labute approximate surface area is 108 Å². The summed E-state index contributed by atoms with van der Waals surface area (Å²) >= 11 is 0. The predicted molar refractivity (Wildman–Crippen MR) is 76.1 cm³/mol. The van der Waals surface area contributed by atoms with Crippen molar-refractivity contribution in [2.24, 2.45) is 5.73 Å². The summed E-state index contributed by atoms with van der Waals surface area (Å²) in [6.07, 6.45) is 1.87. The minimum atomic E-state index is -0.0252. The summed E-state index contributed by atoms with van der Waals surface area (Å²) in [5.74, 6) is 0. The number of aryl methyl sites for hydroxylation is 1. The van der Waals surface area contributed by atoms with Crippen molar-refractivity contribution in [1.82, 2.24) is 4.98 Å². The number of nitrogens with zero attached hydrogens (tertiary/aromatic N) is 2. The molecule has 0 saturated heterocycles. The van der Waals surface area contributed by atoms with E-state index in [-0.39, 0.29) is 6.04 Å². The van der Waals surface area contributed by atoms with Crippen LogP contribution in [0.5, 0.6) is 0 Å². The number of rotatable bonds is 3. The van der Waals surface area contributed by atoms with Crippen molar-refractivity contribution in [2.45, 2.75) is 19.9 Å². The van der Waals surface area contributed by atoms with Gasteiger partial charge in [-0.3, -0.25) is 4.98 Å². The molecule has 3 heteroatoms. The Morgan fingerprint density at radius 1 is 1.17 bits per heavy atom. The summed E-state index contributed by atoms with van der Waals surface area (Å²) in [4.78, 5) is 6.52. The smallest absolute Gasteiger partial charge is 0.0594 e.